The first-order valence-electron chi connectivity index (χ1n) is 5.24. The molecule has 0 fully saturated rings. The van der Waals surface area contributed by atoms with Gasteiger partial charge in [-0.25, -0.2) is 4.98 Å². The third-order valence-corrected chi connectivity index (χ3v) is 3.68. The highest BCUT2D eigenvalue weighted by molar-refractivity contribution is 6.42. The van der Waals surface area contributed by atoms with Crippen LogP contribution in [0.5, 0.6) is 0 Å². The summed E-state index contributed by atoms with van der Waals surface area (Å²) < 4.78 is 1.88. The van der Waals surface area contributed by atoms with Crippen molar-refractivity contribution in [2.24, 2.45) is 0 Å². The topological polar surface area (TPSA) is 17.3 Å². The molecule has 0 N–H and O–H groups in total. The third-order valence-electron chi connectivity index (χ3n) is 2.65. The van der Waals surface area contributed by atoms with Gasteiger partial charge in [0.15, 0.2) is 5.65 Å². The number of hydrogen-bond donors (Lipinski definition) is 0. The fourth-order valence-corrected chi connectivity index (χ4v) is 2.28. The van der Waals surface area contributed by atoms with Crippen molar-refractivity contribution < 1.29 is 0 Å². The van der Waals surface area contributed by atoms with Crippen LogP contribution >= 0.6 is 34.8 Å². The molecule has 3 rings (SSSR count). The van der Waals surface area contributed by atoms with E-state index >= 15 is 0 Å². The fraction of sp³-hybridized carbons (Fsp3) is 0. The number of nitrogens with zero attached hydrogens (tertiary/aromatic N) is 2. The average molecular weight is 298 g/mol. The molecule has 0 amide bonds. The highest BCUT2D eigenvalue weighted by atomic mass is 35.5. The van der Waals surface area contributed by atoms with E-state index in [1.165, 1.54) is 0 Å². The lowest BCUT2D eigenvalue weighted by Gasteiger charge is -1.98. The van der Waals surface area contributed by atoms with Crippen LogP contribution in [0, 0.1) is 0 Å². The molecule has 2 aromatic heterocycles. The zero-order valence-electron chi connectivity index (χ0n) is 9.07. The highest BCUT2D eigenvalue weighted by Gasteiger charge is 2.08. The summed E-state index contributed by atoms with van der Waals surface area (Å²) in [6.07, 6.45) is 3.80. The molecule has 18 heavy (non-hydrogen) atoms. The lowest BCUT2D eigenvalue weighted by Crippen LogP contribution is -1.80. The van der Waals surface area contributed by atoms with Gasteiger partial charge < -0.3 is 4.40 Å². The quantitative estimate of drug-likeness (QED) is 0.620. The highest BCUT2D eigenvalue weighted by Crippen LogP contribution is 2.29. The second-order valence-electron chi connectivity index (χ2n) is 3.84. The number of pyridine rings is 1. The first-order valence-corrected chi connectivity index (χ1v) is 6.37. The molecule has 0 saturated carbocycles. The van der Waals surface area contributed by atoms with Crippen molar-refractivity contribution in [3.8, 4) is 11.3 Å². The smallest absolute Gasteiger partial charge is 0.156 e. The van der Waals surface area contributed by atoms with Crippen molar-refractivity contribution in [2.45, 2.75) is 0 Å². The van der Waals surface area contributed by atoms with Crippen molar-refractivity contribution in [3.63, 3.8) is 0 Å². The van der Waals surface area contributed by atoms with Gasteiger partial charge in [0.1, 0.15) is 0 Å². The van der Waals surface area contributed by atoms with E-state index < -0.39 is 0 Å². The monoisotopic (exact) mass is 296 g/mol. The molecule has 0 atom stereocenters. The molecule has 0 saturated heterocycles. The van der Waals surface area contributed by atoms with E-state index in [1.807, 2.05) is 35.0 Å². The summed E-state index contributed by atoms with van der Waals surface area (Å²) >= 11 is 18.0. The summed E-state index contributed by atoms with van der Waals surface area (Å²) in [7, 11) is 0. The number of benzene rings is 1. The van der Waals surface area contributed by atoms with Crippen LogP contribution in [0.2, 0.25) is 15.1 Å². The Morgan fingerprint density at radius 2 is 1.78 bits per heavy atom. The predicted octanol–water partition coefficient (Wildman–Crippen LogP) is 4.96. The molecule has 0 unspecified atom stereocenters. The van der Waals surface area contributed by atoms with Crippen LogP contribution in [0.1, 0.15) is 0 Å². The normalized spacial score (nSPS) is 11.1. The minimum Gasteiger partial charge on any atom is -0.305 e. The van der Waals surface area contributed by atoms with Crippen LogP contribution in [0.15, 0.2) is 42.7 Å². The Hall–Kier alpha value is -1.22. The number of aromatic nitrogens is 2. The van der Waals surface area contributed by atoms with Crippen molar-refractivity contribution in [1.82, 2.24) is 9.38 Å². The largest absolute Gasteiger partial charge is 0.305 e. The third kappa shape index (κ3) is 1.97. The summed E-state index contributed by atoms with van der Waals surface area (Å²) in [5.74, 6) is 0. The fourth-order valence-electron chi connectivity index (χ4n) is 1.77. The molecule has 0 bridgehead atoms. The van der Waals surface area contributed by atoms with Crippen molar-refractivity contribution in [2.75, 3.05) is 0 Å². The van der Waals surface area contributed by atoms with Crippen LogP contribution < -0.4 is 0 Å². The zero-order valence-corrected chi connectivity index (χ0v) is 11.3. The Kier molecular flexibility index (Phi) is 2.94. The zero-order chi connectivity index (χ0) is 12.7. The maximum Gasteiger partial charge on any atom is 0.156 e. The molecule has 5 heteroatoms. The van der Waals surface area contributed by atoms with Crippen LogP contribution in [-0.4, -0.2) is 9.38 Å². The van der Waals surface area contributed by atoms with Gasteiger partial charge >= 0.3 is 0 Å². The Morgan fingerprint density at radius 1 is 0.944 bits per heavy atom. The molecular formula is C13H7Cl3N2. The number of hydrogen-bond acceptors (Lipinski definition) is 1. The molecule has 90 valence electrons. The van der Waals surface area contributed by atoms with Crippen LogP contribution in [-0.2, 0) is 0 Å². The van der Waals surface area contributed by atoms with Gasteiger partial charge in [-0.3, -0.25) is 0 Å². The Balaban J connectivity index is 2.19. The van der Waals surface area contributed by atoms with Gasteiger partial charge in [0.2, 0.25) is 0 Å². The molecule has 2 heterocycles. The number of fused-ring (bicyclic) bond motifs is 1. The van der Waals surface area contributed by atoms with Crippen molar-refractivity contribution >= 4 is 40.4 Å². The summed E-state index contributed by atoms with van der Waals surface area (Å²) in [6.45, 7) is 0. The SMILES string of the molecule is Clc1ccc(-c2cn3cccc(Cl)c3n2)cc1Cl. The molecule has 2 nitrogen and oxygen atoms in total. The van der Waals surface area contributed by atoms with E-state index in [4.69, 9.17) is 34.8 Å². The molecular weight excluding hydrogens is 291 g/mol. The van der Waals surface area contributed by atoms with Gasteiger partial charge in [0.05, 0.1) is 20.8 Å². The Labute approximate surface area is 119 Å². The minimum atomic E-state index is 0.511. The van der Waals surface area contributed by atoms with Crippen molar-refractivity contribution in [3.05, 3.63) is 57.8 Å². The van der Waals surface area contributed by atoms with Gasteiger partial charge in [-0.2, -0.15) is 0 Å². The minimum absolute atomic E-state index is 0.511. The van der Waals surface area contributed by atoms with Gasteiger partial charge in [0.25, 0.3) is 0 Å². The average Bonchev–Trinajstić information content (AvgIpc) is 2.78. The molecule has 0 aliphatic heterocycles. The van der Waals surface area contributed by atoms with E-state index in [9.17, 15) is 0 Å². The van der Waals surface area contributed by atoms with Crippen LogP contribution in [0.25, 0.3) is 16.9 Å². The number of imidazole rings is 1. The molecule has 0 aliphatic carbocycles. The standard InChI is InChI=1S/C13H7Cl3N2/c14-9-4-3-8(6-11(9)16)12-7-18-5-1-2-10(15)13(18)17-12/h1-7H. The van der Waals surface area contributed by atoms with E-state index in [0.717, 1.165) is 16.9 Å². The lowest BCUT2D eigenvalue weighted by atomic mass is 10.2. The van der Waals surface area contributed by atoms with Gasteiger partial charge in [0, 0.05) is 18.0 Å². The maximum atomic E-state index is 6.08. The van der Waals surface area contributed by atoms with Gasteiger partial charge in [-0.15, -0.1) is 0 Å². The van der Waals surface area contributed by atoms with Crippen molar-refractivity contribution in [1.29, 1.82) is 0 Å². The predicted molar refractivity (Wildman–Crippen MR) is 75.7 cm³/mol. The summed E-state index contributed by atoms with van der Waals surface area (Å²) in [6, 6.07) is 9.10. The van der Waals surface area contributed by atoms with Crippen LogP contribution in [0.4, 0.5) is 0 Å². The lowest BCUT2D eigenvalue weighted by molar-refractivity contribution is 1.19. The molecule has 3 aromatic rings. The second kappa shape index (κ2) is 4.47. The maximum absolute atomic E-state index is 6.08. The molecule has 0 spiro atoms. The Morgan fingerprint density at radius 3 is 2.50 bits per heavy atom. The van der Waals surface area contributed by atoms with Gasteiger partial charge in [-0.05, 0) is 24.3 Å². The molecule has 0 radical (unpaired) electrons. The summed E-state index contributed by atoms with van der Waals surface area (Å²) in [5, 5.41) is 1.66. The van der Waals surface area contributed by atoms with Gasteiger partial charge in [-0.1, -0.05) is 40.9 Å². The second-order valence-corrected chi connectivity index (χ2v) is 5.06. The first-order chi connectivity index (χ1) is 8.65. The first kappa shape index (κ1) is 11.8. The molecule has 1 aromatic carbocycles. The van der Waals surface area contributed by atoms with E-state index in [0.29, 0.717) is 15.1 Å². The van der Waals surface area contributed by atoms with Crippen LogP contribution in [0.3, 0.4) is 0 Å². The Bertz CT molecular complexity index is 734. The number of halogens is 3. The number of rotatable bonds is 1. The summed E-state index contributed by atoms with van der Waals surface area (Å²) in [4.78, 5) is 4.48. The van der Waals surface area contributed by atoms with E-state index in [1.54, 1.807) is 12.1 Å². The van der Waals surface area contributed by atoms with E-state index in [-0.39, 0.29) is 0 Å². The van der Waals surface area contributed by atoms with E-state index in [2.05, 4.69) is 4.98 Å². The molecule has 0 aliphatic rings. The summed E-state index contributed by atoms with van der Waals surface area (Å²) in [5.41, 5.74) is 2.44.